The van der Waals surface area contributed by atoms with Gasteiger partial charge in [0.25, 0.3) is 0 Å². The van der Waals surface area contributed by atoms with E-state index in [2.05, 4.69) is 11.3 Å². The fraction of sp³-hybridized carbons (Fsp3) is 0.478. The first-order chi connectivity index (χ1) is 13.7. The highest BCUT2D eigenvalue weighted by Gasteiger charge is 2.62. The van der Waals surface area contributed by atoms with Crippen LogP contribution in [0.2, 0.25) is 0 Å². The van der Waals surface area contributed by atoms with Crippen molar-refractivity contribution in [3.05, 3.63) is 58.4 Å². The number of hydrogen-bond donors (Lipinski definition) is 0. The van der Waals surface area contributed by atoms with Crippen LogP contribution in [-0.2, 0) is 31.9 Å². The van der Waals surface area contributed by atoms with Crippen LogP contribution in [0.5, 0.6) is 0 Å². The second-order valence-corrected chi connectivity index (χ2v) is 8.74. The van der Waals surface area contributed by atoms with Crippen molar-refractivity contribution in [1.29, 1.82) is 0 Å². The van der Waals surface area contributed by atoms with E-state index >= 15 is 0 Å². The molecule has 3 rings (SSSR count). The third-order valence-corrected chi connectivity index (χ3v) is 6.05. The van der Waals surface area contributed by atoms with Crippen LogP contribution in [0, 0.1) is 17.3 Å². The predicted molar refractivity (Wildman–Crippen MR) is 109 cm³/mol. The van der Waals surface area contributed by atoms with Gasteiger partial charge in [0.05, 0.1) is 12.5 Å². The molecule has 6 heteroatoms. The number of carbonyl (C=O) groups is 2. The number of halogens is 2. The van der Waals surface area contributed by atoms with E-state index in [0.717, 1.165) is 23.1 Å². The molecule has 3 atom stereocenters. The lowest BCUT2D eigenvalue weighted by Crippen LogP contribution is -2.14. The molecule has 0 spiro atoms. The first-order valence-corrected chi connectivity index (χ1v) is 10.2. The molecule has 156 valence electrons. The lowest BCUT2D eigenvalue weighted by molar-refractivity contribution is -0.152. The largest absolute Gasteiger partial charge is 0.461 e. The predicted octanol–water partition coefficient (Wildman–Crippen LogP) is 5.20. The van der Waals surface area contributed by atoms with E-state index in [-0.39, 0.29) is 18.7 Å². The van der Waals surface area contributed by atoms with Gasteiger partial charge in [0, 0.05) is 11.5 Å². The van der Waals surface area contributed by atoms with Crippen LogP contribution in [0.4, 0.5) is 4.39 Å². The molecular formula is C23H26ClFO4. The first kappa shape index (κ1) is 21.6. The summed E-state index contributed by atoms with van der Waals surface area (Å²) in [4.78, 5) is 24.3. The summed E-state index contributed by atoms with van der Waals surface area (Å²) in [5, 5.41) is 0.567. The zero-order valence-corrected chi connectivity index (χ0v) is 17.7. The molecule has 2 aliphatic carbocycles. The van der Waals surface area contributed by atoms with E-state index in [0.29, 0.717) is 17.9 Å². The van der Waals surface area contributed by atoms with Crippen LogP contribution in [0.25, 0.3) is 0 Å². The van der Waals surface area contributed by atoms with Crippen LogP contribution >= 0.6 is 11.6 Å². The molecule has 1 unspecified atom stereocenters. The van der Waals surface area contributed by atoms with Gasteiger partial charge < -0.3 is 9.47 Å². The van der Waals surface area contributed by atoms with Gasteiger partial charge in [-0.05, 0) is 53.9 Å². The standard InChI is InChI=1S/C23H26ClFO4/c1-5-28-21(26)18(25)12-17-20(23(17,3)4)22(27)29-19-10-9-15-14(11-13(2)24)7-6-8-16(15)19/h6-8,12,17,19-20H,2,5,9-11H2,1,3-4H3/t17-,19?,20-/m0/s1. The molecule has 1 aromatic rings. The van der Waals surface area contributed by atoms with Gasteiger partial charge >= 0.3 is 11.9 Å². The summed E-state index contributed by atoms with van der Waals surface area (Å²) in [7, 11) is 0. The highest BCUT2D eigenvalue weighted by molar-refractivity contribution is 6.29. The van der Waals surface area contributed by atoms with Gasteiger partial charge in [-0.2, -0.15) is 4.39 Å². The number of esters is 2. The fourth-order valence-corrected chi connectivity index (χ4v) is 4.41. The minimum Gasteiger partial charge on any atom is -0.461 e. The van der Waals surface area contributed by atoms with Crippen molar-refractivity contribution < 1.29 is 23.5 Å². The van der Waals surface area contributed by atoms with Crippen molar-refractivity contribution in [3.63, 3.8) is 0 Å². The SMILES string of the molecule is C=C(Cl)Cc1cccc2c1CCC2OC(=O)[C@@H]1[C@H](C=C(F)C(=O)OCC)C1(C)C. The quantitative estimate of drug-likeness (QED) is 0.449. The summed E-state index contributed by atoms with van der Waals surface area (Å²) < 4.78 is 24.5. The zero-order chi connectivity index (χ0) is 21.3. The summed E-state index contributed by atoms with van der Waals surface area (Å²) in [6.45, 7) is 9.20. The third kappa shape index (κ3) is 4.40. The highest BCUT2D eigenvalue weighted by Crippen LogP contribution is 2.60. The van der Waals surface area contributed by atoms with Crippen LogP contribution in [0.3, 0.4) is 0 Å². The number of ether oxygens (including phenoxy) is 2. The van der Waals surface area contributed by atoms with Gasteiger partial charge in [-0.1, -0.05) is 50.2 Å². The second-order valence-electron chi connectivity index (χ2n) is 8.20. The summed E-state index contributed by atoms with van der Waals surface area (Å²) in [5.41, 5.74) is 2.79. The molecule has 0 heterocycles. The maximum atomic E-state index is 14.0. The van der Waals surface area contributed by atoms with Crippen molar-refractivity contribution in [2.75, 3.05) is 6.61 Å². The molecule has 0 saturated heterocycles. The van der Waals surface area contributed by atoms with E-state index in [4.69, 9.17) is 16.3 Å². The van der Waals surface area contributed by atoms with Gasteiger partial charge in [0.2, 0.25) is 5.83 Å². The average molecular weight is 421 g/mol. The van der Waals surface area contributed by atoms with E-state index in [1.807, 2.05) is 32.0 Å². The maximum Gasteiger partial charge on any atom is 0.366 e. The Morgan fingerprint density at radius 1 is 1.38 bits per heavy atom. The van der Waals surface area contributed by atoms with Crippen molar-refractivity contribution in [2.24, 2.45) is 17.3 Å². The molecule has 1 aromatic carbocycles. The Bertz CT molecular complexity index is 874. The normalized spacial score (nSPS) is 24.6. The molecule has 0 bridgehead atoms. The number of carbonyl (C=O) groups excluding carboxylic acids is 2. The summed E-state index contributed by atoms with van der Waals surface area (Å²) >= 11 is 5.97. The number of benzene rings is 1. The first-order valence-electron chi connectivity index (χ1n) is 9.85. The Balaban J connectivity index is 1.70. The molecule has 0 aromatic heterocycles. The zero-order valence-electron chi connectivity index (χ0n) is 17.0. The topological polar surface area (TPSA) is 52.6 Å². The molecule has 0 amide bonds. The fourth-order valence-electron chi connectivity index (χ4n) is 4.26. The number of rotatable bonds is 7. The molecule has 0 aliphatic heterocycles. The lowest BCUT2D eigenvalue weighted by atomic mass is 10.0. The molecule has 0 N–H and O–H groups in total. The summed E-state index contributed by atoms with van der Waals surface area (Å²) in [5.74, 6) is -3.21. The van der Waals surface area contributed by atoms with Crippen LogP contribution in [-0.4, -0.2) is 18.5 Å². The minimum atomic E-state index is -1.000. The van der Waals surface area contributed by atoms with E-state index in [1.54, 1.807) is 6.92 Å². The van der Waals surface area contributed by atoms with Crippen LogP contribution < -0.4 is 0 Å². The van der Waals surface area contributed by atoms with Gasteiger partial charge in [-0.15, -0.1) is 0 Å². The van der Waals surface area contributed by atoms with Gasteiger partial charge in [-0.25, -0.2) is 4.79 Å². The Morgan fingerprint density at radius 2 is 2.10 bits per heavy atom. The number of hydrogen-bond acceptors (Lipinski definition) is 4. The molecule has 2 aliphatic rings. The third-order valence-electron chi connectivity index (χ3n) is 5.91. The van der Waals surface area contributed by atoms with Crippen molar-refractivity contribution in [1.82, 2.24) is 0 Å². The van der Waals surface area contributed by atoms with Crippen molar-refractivity contribution >= 4 is 23.5 Å². The minimum absolute atomic E-state index is 0.0970. The average Bonchev–Trinajstić information content (AvgIpc) is 2.97. The monoisotopic (exact) mass is 420 g/mol. The number of allylic oxidation sites excluding steroid dienone is 2. The molecule has 1 saturated carbocycles. The maximum absolute atomic E-state index is 14.0. The Labute approximate surface area is 175 Å². The smallest absolute Gasteiger partial charge is 0.366 e. The molecule has 29 heavy (non-hydrogen) atoms. The van der Waals surface area contributed by atoms with E-state index in [1.165, 1.54) is 6.08 Å². The molecule has 0 radical (unpaired) electrons. The van der Waals surface area contributed by atoms with E-state index in [9.17, 15) is 14.0 Å². The van der Waals surface area contributed by atoms with Crippen LogP contribution in [0.15, 0.2) is 41.7 Å². The second kappa shape index (κ2) is 8.31. The summed E-state index contributed by atoms with van der Waals surface area (Å²) in [6.07, 6.45) is 2.97. The Morgan fingerprint density at radius 3 is 2.76 bits per heavy atom. The Hall–Kier alpha value is -2.14. The van der Waals surface area contributed by atoms with Crippen LogP contribution in [0.1, 0.15) is 50.0 Å². The highest BCUT2D eigenvalue weighted by atomic mass is 35.5. The van der Waals surface area contributed by atoms with Gasteiger partial charge in [-0.3, -0.25) is 4.79 Å². The Kier molecular flexibility index (Phi) is 6.18. The van der Waals surface area contributed by atoms with Gasteiger partial charge in [0.15, 0.2) is 0 Å². The van der Waals surface area contributed by atoms with Gasteiger partial charge in [0.1, 0.15) is 6.10 Å². The lowest BCUT2D eigenvalue weighted by Gasteiger charge is -2.15. The molecular weight excluding hydrogens is 395 g/mol. The molecule has 1 fully saturated rings. The van der Waals surface area contributed by atoms with E-state index < -0.39 is 29.0 Å². The molecule has 4 nitrogen and oxygen atoms in total. The summed E-state index contributed by atoms with van der Waals surface area (Å²) in [6, 6.07) is 5.91. The van der Waals surface area contributed by atoms with Crippen molar-refractivity contribution in [2.45, 2.75) is 46.1 Å². The van der Waals surface area contributed by atoms with Crippen molar-refractivity contribution in [3.8, 4) is 0 Å². The number of fused-ring (bicyclic) bond motifs is 1.